The van der Waals surface area contributed by atoms with Crippen molar-refractivity contribution in [1.29, 1.82) is 0 Å². The van der Waals surface area contributed by atoms with Gasteiger partial charge in [0.1, 0.15) is 5.00 Å². The van der Waals surface area contributed by atoms with E-state index in [0.717, 1.165) is 16.0 Å². The van der Waals surface area contributed by atoms with Crippen LogP contribution in [0.4, 0.5) is 5.00 Å². The van der Waals surface area contributed by atoms with E-state index in [1.165, 1.54) is 11.3 Å². The predicted molar refractivity (Wildman–Crippen MR) is 93.7 cm³/mol. The average molecular weight is 331 g/mol. The van der Waals surface area contributed by atoms with Gasteiger partial charge in [-0.05, 0) is 33.3 Å². The van der Waals surface area contributed by atoms with Crippen LogP contribution in [0.2, 0.25) is 0 Å². The lowest BCUT2D eigenvalue weighted by molar-refractivity contribution is 0.0527. The molecule has 0 saturated heterocycles. The minimum Gasteiger partial charge on any atom is -0.462 e. The van der Waals surface area contributed by atoms with Gasteiger partial charge in [-0.1, -0.05) is 29.8 Å². The maximum absolute atomic E-state index is 12.3. The third kappa shape index (κ3) is 3.99. The molecule has 0 bridgehead atoms. The SMILES string of the molecule is CCOC(=O)c1c(NCC(=O)c2ccc(C)cc2)sc(C)c1C. The number of hydrogen-bond donors (Lipinski definition) is 1. The second-order valence-electron chi connectivity index (χ2n) is 5.35. The zero-order chi connectivity index (χ0) is 17.0. The molecule has 0 saturated carbocycles. The molecule has 0 aliphatic rings. The molecule has 2 rings (SSSR count). The molecular weight excluding hydrogens is 310 g/mol. The predicted octanol–water partition coefficient (Wildman–Crippen LogP) is 4.14. The maximum Gasteiger partial charge on any atom is 0.341 e. The van der Waals surface area contributed by atoms with Crippen LogP contribution in [0.1, 0.15) is 43.6 Å². The molecular formula is C18H21NO3S. The molecule has 122 valence electrons. The van der Waals surface area contributed by atoms with Crippen molar-refractivity contribution in [2.45, 2.75) is 27.7 Å². The maximum atomic E-state index is 12.3. The molecule has 1 N–H and O–H groups in total. The number of esters is 1. The largest absolute Gasteiger partial charge is 0.462 e. The molecule has 2 aromatic rings. The first-order valence-corrected chi connectivity index (χ1v) is 8.36. The second kappa shape index (κ2) is 7.42. The first kappa shape index (κ1) is 17.2. The van der Waals surface area contributed by atoms with E-state index in [1.807, 2.05) is 45.0 Å². The summed E-state index contributed by atoms with van der Waals surface area (Å²) in [6.45, 7) is 8.08. The summed E-state index contributed by atoms with van der Waals surface area (Å²) in [5.41, 5.74) is 3.21. The van der Waals surface area contributed by atoms with E-state index < -0.39 is 0 Å². The van der Waals surface area contributed by atoms with E-state index in [0.29, 0.717) is 22.7 Å². The standard InChI is InChI=1S/C18H21NO3S/c1-5-22-18(21)16-12(3)13(4)23-17(16)19-10-15(20)14-8-6-11(2)7-9-14/h6-9,19H,5,10H2,1-4H3. The normalized spacial score (nSPS) is 10.4. The van der Waals surface area contributed by atoms with Gasteiger partial charge in [0.05, 0.1) is 18.7 Å². The Balaban J connectivity index is 2.14. The van der Waals surface area contributed by atoms with Crippen LogP contribution in [-0.2, 0) is 4.74 Å². The average Bonchev–Trinajstić information content (AvgIpc) is 2.80. The van der Waals surface area contributed by atoms with E-state index >= 15 is 0 Å². The van der Waals surface area contributed by atoms with Crippen molar-refractivity contribution in [3.8, 4) is 0 Å². The van der Waals surface area contributed by atoms with Gasteiger partial charge in [0, 0.05) is 10.4 Å². The van der Waals surface area contributed by atoms with E-state index in [9.17, 15) is 9.59 Å². The Labute approximate surface area is 140 Å². The van der Waals surface area contributed by atoms with E-state index in [-0.39, 0.29) is 18.3 Å². The Bertz CT molecular complexity index is 717. The lowest BCUT2D eigenvalue weighted by Crippen LogP contribution is -2.16. The van der Waals surface area contributed by atoms with Crippen molar-refractivity contribution in [3.05, 3.63) is 51.4 Å². The monoisotopic (exact) mass is 331 g/mol. The van der Waals surface area contributed by atoms with Gasteiger partial charge in [-0.2, -0.15) is 0 Å². The number of ketones is 1. The first-order chi connectivity index (χ1) is 10.9. The number of rotatable bonds is 6. The molecule has 0 atom stereocenters. The highest BCUT2D eigenvalue weighted by Crippen LogP contribution is 2.32. The van der Waals surface area contributed by atoms with Crippen molar-refractivity contribution in [2.24, 2.45) is 0 Å². The topological polar surface area (TPSA) is 55.4 Å². The Kier molecular flexibility index (Phi) is 5.55. The molecule has 0 aliphatic carbocycles. The number of anilines is 1. The minimum atomic E-state index is -0.348. The highest BCUT2D eigenvalue weighted by molar-refractivity contribution is 7.16. The molecule has 0 unspecified atom stereocenters. The molecule has 1 heterocycles. The van der Waals surface area contributed by atoms with Crippen LogP contribution in [0.5, 0.6) is 0 Å². The number of nitrogens with one attached hydrogen (secondary N) is 1. The van der Waals surface area contributed by atoms with E-state index in [4.69, 9.17) is 4.74 Å². The summed E-state index contributed by atoms with van der Waals surface area (Å²) in [6, 6.07) is 7.46. The van der Waals surface area contributed by atoms with Crippen LogP contribution in [0, 0.1) is 20.8 Å². The summed E-state index contributed by atoms with van der Waals surface area (Å²) in [6.07, 6.45) is 0. The number of benzene rings is 1. The smallest absolute Gasteiger partial charge is 0.341 e. The number of hydrogen-bond acceptors (Lipinski definition) is 5. The zero-order valence-electron chi connectivity index (χ0n) is 13.9. The Morgan fingerprint density at radius 3 is 2.39 bits per heavy atom. The van der Waals surface area contributed by atoms with Gasteiger partial charge < -0.3 is 10.1 Å². The van der Waals surface area contributed by atoms with Crippen LogP contribution < -0.4 is 5.32 Å². The summed E-state index contributed by atoms with van der Waals surface area (Å²) in [5, 5.41) is 3.79. The first-order valence-electron chi connectivity index (χ1n) is 7.54. The van der Waals surface area contributed by atoms with Crippen molar-refractivity contribution in [3.63, 3.8) is 0 Å². The summed E-state index contributed by atoms with van der Waals surface area (Å²) < 4.78 is 5.11. The highest BCUT2D eigenvalue weighted by Gasteiger charge is 2.21. The van der Waals surface area contributed by atoms with Gasteiger partial charge in [0.15, 0.2) is 5.78 Å². The molecule has 0 amide bonds. The molecule has 0 spiro atoms. The van der Waals surface area contributed by atoms with Crippen molar-refractivity contribution in [2.75, 3.05) is 18.5 Å². The van der Waals surface area contributed by atoms with Gasteiger partial charge in [-0.3, -0.25) is 4.79 Å². The number of aryl methyl sites for hydroxylation is 2. The fourth-order valence-corrected chi connectivity index (χ4v) is 3.25. The number of ether oxygens (including phenoxy) is 1. The summed E-state index contributed by atoms with van der Waals surface area (Å²) in [7, 11) is 0. The Morgan fingerprint density at radius 2 is 1.78 bits per heavy atom. The van der Waals surface area contributed by atoms with Gasteiger partial charge in [-0.15, -0.1) is 11.3 Å². The lowest BCUT2D eigenvalue weighted by atomic mass is 10.1. The molecule has 0 radical (unpaired) electrons. The molecule has 23 heavy (non-hydrogen) atoms. The fourth-order valence-electron chi connectivity index (χ4n) is 2.20. The van der Waals surface area contributed by atoms with Gasteiger partial charge in [0.25, 0.3) is 0 Å². The summed E-state index contributed by atoms with van der Waals surface area (Å²) in [5.74, 6) is -0.358. The van der Waals surface area contributed by atoms with Crippen LogP contribution in [0.25, 0.3) is 0 Å². The third-order valence-electron chi connectivity index (χ3n) is 3.65. The molecule has 4 nitrogen and oxygen atoms in total. The Hall–Kier alpha value is -2.14. The Morgan fingerprint density at radius 1 is 1.13 bits per heavy atom. The summed E-state index contributed by atoms with van der Waals surface area (Å²) >= 11 is 1.47. The lowest BCUT2D eigenvalue weighted by Gasteiger charge is -2.08. The van der Waals surface area contributed by atoms with Crippen molar-refractivity contribution in [1.82, 2.24) is 0 Å². The number of carbonyl (C=O) groups is 2. The van der Waals surface area contributed by atoms with Crippen LogP contribution in [-0.4, -0.2) is 24.9 Å². The van der Waals surface area contributed by atoms with E-state index in [2.05, 4.69) is 5.32 Å². The number of thiophene rings is 1. The van der Waals surface area contributed by atoms with E-state index in [1.54, 1.807) is 6.92 Å². The zero-order valence-corrected chi connectivity index (χ0v) is 14.7. The van der Waals surface area contributed by atoms with Crippen molar-refractivity contribution >= 4 is 28.1 Å². The summed E-state index contributed by atoms with van der Waals surface area (Å²) in [4.78, 5) is 25.4. The van der Waals surface area contributed by atoms with Crippen molar-refractivity contribution < 1.29 is 14.3 Å². The molecule has 5 heteroatoms. The molecule has 0 aliphatic heterocycles. The van der Waals surface area contributed by atoms with Gasteiger partial charge >= 0.3 is 5.97 Å². The van der Waals surface area contributed by atoms with Gasteiger partial charge in [-0.25, -0.2) is 4.79 Å². The minimum absolute atomic E-state index is 0.0106. The third-order valence-corrected chi connectivity index (χ3v) is 4.81. The molecule has 0 fully saturated rings. The fraction of sp³-hybridized carbons (Fsp3) is 0.333. The van der Waals surface area contributed by atoms with Gasteiger partial charge in [0.2, 0.25) is 0 Å². The van der Waals surface area contributed by atoms with Crippen LogP contribution in [0.15, 0.2) is 24.3 Å². The second-order valence-corrected chi connectivity index (χ2v) is 6.58. The quantitative estimate of drug-likeness (QED) is 0.638. The number of carbonyl (C=O) groups excluding carboxylic acids is 2. The molecule has 1 aromatic heterocycles. The van der Waals surface area contributed by atoms with Crippen LogP contribution >= 0.6 is 11.3 Å². The van der Waals surface area contributed by atoms with Crippen LogP contribution in [0.3, 0.4) is 0 Å². The molecule has 1 aromatic carbocycles. The number of Topliss-reactive ketones (excluding diaryl/α,β-unsaturated/α-hetero) is 1. The highest BCUT2D eigenvalue weighted by atomic mass is 32.1.